The van der Waals surface area contributed by atoms with Crippen LogP contribution in [0.3, 0.4) is 0 Å². The van der Waals surface area contributed by atoms with Gasteiger partial charge in [-0.2, -0.15) is 0 Å². The normalized spacial score (nSPS) is 10.9. The second-order valence-electron chi connectivity index (χ2n) is 7.11. The van der Waals surface area contributed by atoms with Crippen molar-refractivity contribution >= 4 is 51.0 Å². The third kappa shape index (κ3) is 6.34. The van der Waals surface area contributed by atoms with Gasteiger partial charge >= 0.3 is 0 Å². The second kappa shape index (κ2) is 11.2. The number of ether oxygens (including phenoxy) is 2. The fourth-order valence-electron chi connectivity index (χ4n) is 3.00. The molecule has 0 bridgehead atoms. The number of hydrogen-bond donors (Lipinski definition) is 1. The van der Waals surface area contributed by atoms with Crippen LogP contribution in [0.2, 0.25) is 5.02 Å². The van der Waals surface area contributed by atoms with E-state index in [0.717, 1.165) is 28.1 Å². The summed E-state index contributed by atoms with van der Waals surface area (Å²) >= 11 is 9.70. The predicted octanol–water partition coefficient (Wildman–Crippen LogP) is 6.89. The highest BCUT2D eigenvalue weighted by atomic mass is 79.9. The summed E-state index contributed by atoms with van der Waals surface area (Å²) in [7, 11) is 0. The average Bonchev–Trinajstić information content (AvgIpc) is 2.74. The van der Waals surface area contributed by atoms with E-state index in [9.17, 15) is 4.79 Å². The molecule has 0 aromatic heterocycles. The molecule has 0 unspecified atom stereocenters. The van der Waals surface area contributed by atoms with E-state index in [2.05, 4.69) is 26.2 Å². The Hall–Kier alpha value is -2.83. The minimum Gasteiger partial charge on any atom is -0.490 e. The molecule has 32 heavy (non-hydrogen) atoms. The molecule has 0 atom stereocenters. The lowest BCUT2D eigenvalue weighted by Gasteiger charge is -2.14. The van der Waals surface area contributed by atoms with Gasteiger partial charge in [0.05, 0.1) is 16.8 Å². The van der Waals surface area contributed by atoms with Crippen LogP contribution in [0.15, 0.2) is 64.1 Å². The van der Waals surface area contributed by atoms with Crippen molar-refractivity contribution in [3.63, 3.8) is 0 Å². The summed E-state index contributed by atoms with van der Waals surface area (Å²) in [6.07, 6.45) is 1.74. The molecule has 5 nitrogen and oxygen atoms in total. The van der Waals surface area contributed by atoms with E-state index in [0.29, 0.717) is 27.6 Å². The number of aryl methyl sites for hydroxylation is 1. The molecule has 0 fully saturated rings. The Morgan fingerprint density at radius 2 is 1.91 bits per heavy atom. The molecule has 1 amide bonds. The Morgan fingerprint density at radius 3 is 2.66 bits per heavy atom. The van der Waals surface area contributed by atoms with Crippen molar-refractivity contribution in [2.75, 3.05) is 18.5 Å². The summed E-state index contributed by atoms with van der Waals surface area (Å²) in [5, 5.41) is 3.50. The lowest BCUT2D eigenvalue weighted by molar-refractivity contribution is -0.118. The molecule has 3 aromatic carbocycles. The first-order valence-corrected chi connectivity index (χ1v) is 11.3. The molecule has 0 saturated carbocycles. The van der Waals surface area contributed by atoms with E-state index >= 15 is 0 Å². The number of halogens is 2. The Balaban J connectivity index is 1.75. The number of hydrogen-bond acceptors (Lipinski definition) is 4. The topological polar surface area (TPSA) is 59.9 Å². The quantitative estimate of drug-likeness (QED) is 0.332. The third-order valence-corrected chi connectivity index (χ3v) is 5.57. The van der Waals surface area contributed by atoms with Crippen molar-refractivity contribution in [2.45, 2.75) is 20.8 Å². The van der Waals surface area contributed by atoms with Crippen LogP contribution in [0.5, 0.6) is 11.5 Å². The van der Waals surface area contributed by atoms with E-state index in [1.54, 1.807) is 6.21 Å². The summed E-state index contributed by atoms with van der Waals surface area (Å²) in [5.74, 6) is 0.726. The number of rotatable bonds is 8. The van der Waals surface area contributed by atoms with Gasteiger partial charge in [-0.1, -0.05) is 29.8 Å². The van der Waals surface area contributed by atoms with Gasteiger partial charge in [0.2, 0.25) is 0 Å². The van der Waals surface area contributed by atoms with Crippen molar-refractivity contribution < 1.29 is 14.3 Å². The molecule has 0 aliphatic heterocycles. The maximum Gasteiger partial charge on any atom is 0.262 e. The van der Waals surface area contributed by atoms with Crippen LogP contribution in [-0.4, -0.2) is 25.3 Å². The molecule has 0 spiro atoms. The predicted molar refractivity (Wildman–Crippen MR) is 134 cm³/mol. The molecule has 0 saturated heterocycles. The molecule has 166 valence electrons. The van der Waals surface area contributed by atoms with Crippen LogP contribution in [-0.2, 0) is 4.79 Å². The van der Waals surface area contributed by atoms with Crippen LogP contribution >= 0.6 is 27.5 Å². The summed E-state index contributed by atoms with van der Waals surface area (Å²) in [6, 6.07) is 16.9. The largest absolute Gasteiger partial charge is 0.490 e. The van der Waals surface area contributed by atoms with Crippen molar-refractivity contribution in [3.8, 4) is 11.5 Å². The molecule has 0 aliphatic rings. The number of nitrogens with zero attached hydrogens (tertiary/aromatic N) is 1. The minimum atomic E-state index is -0.257. The molecule has 3 rings (SSSR count). The van der Waals surface area contributed by atoms with E-state index in [4.69, 9.17) is 21.1 Å². The van der Waals surface area contributed by atoms with Crippen LogP contribution in [0.25, 0.3) is 0 Å². The smallest absolute Gasteiger partial charge is 0.262 e. The highest BCUT2D eigenvalue weighted by Crippen LogP contribution is 2.37. The number of nitrogens with one attached hydrogen (secondary N) is 1. The van der Waals surface area contributed by atoms with Crippen LogP contribution in [0, 0.1) is 13.8 Å². The zero-order chi connectivity index (χ0) is 23.1. The molecule has 0 heterocycles. The molecule has 7 heteroatoms. The van der Waals surface area contributed by atoms with Gasteiger partial charge in [0, 0.05) is 16.9 Å². The fourth-order valence-corrected chi connectivity index (χ4v) is 3.75. The van der Waals surface area contributed by atoms with Crippen LogP contribution in [0.1, 0.15) is 23.6 Å². The Kier molecular flexibility index (Phi) is 8.31. The molecule has 3 aromatic rings. The van der Waals surface area contributed by atoms with Gasteiger partial charge in [0.1, 0.15) is 0 Å². The third-order valence-electron chi connectivity index (χ3n) is 4.57. The van der Waals surface area contributed by atoms with Gasteiger partial charge in [0.15, 0.2) is 18.1 Å². The molecule has 1 N–H and O–H groups in total. The first kappa shape index (κ1) is 23.8. The van der Waals surface area contributed by atoms with Crippen molar-refractivity contribution in [3.05, 3.63) is 80.8 Å². The number of aliphatic imine (C=N–C) groups is 1. The van der Waals surface area contributed by atoms with Gasteiger partial charge in [-0.15, -0.1) is 0 Å². The van der Waals surface area contributed by atoms with E-state index in [-0.39, 0.29) is 12.5 Å². The van der Waals surface area contributed by atoms with Crippen molar-refractivity contribution in [1.29, 1.82) is 0 Å². The second-order valence-corrected chi connectivity index (χ2v) is 8.37. The SMILES string of the molecule is CCOc1cc(C=Nc2cccc(Cl)c2C)cc(Br)c1OCC(=O)Nc1cccc(C)c1. The van der Waals surface area contributed by atoms with Crippen molar-refractivity contribution in [1.82, 2.24) is 0 Å². The van der Waals surface area contributed by atoms with Gasteiger partial charge < -0.3 is 14.8 Å². The van der Waals surface area contributed by atoms with Gasteiger partial charge in [-0.05, 0) is 89.8 Å². The Morgan fingerprint density at radius 1 is 1.12 bits per heavy atom. The molecular weight excluding hydrogens is 492 g/mol. The van der Waals surface area contributed by atoms with Gasteiger partial charge in [-0.3, -0.25) is 9.79 Å². The summed E-state index contributed by atoms with van der Waals surface area (Å²) < 4.78 is 12.2. The zero-order valence-electron chi connectivity index (χ0n) is 18.1. The first-order chi connectivity index (χ1) is 15.4. The Labute approximate surface area is 201 Å². The summed E-state index contributed by atoms with van der Waals surface area (Å²) in [5.41, 5.74) is 4.31. The lowest BCUT2D eigenvalue weighted by Crippen LogP contribution is -2.20. The number of anilines is 1. The van der Waals surface area contributed by atoms with Crippen LogP contribution < -0.4 is 14.8 Å². The fraction of sp³-hybridized carbons (Fsp3) is 0.200. The monoisotopic (exact) mass is 514 g/mol. The highest BCUT2D eigenvalue weighted by molar-refractivity contribution is 9.10. The number of amides is 1. The number of carbonyl (C=O) groups excluding carboxylic acids is 1. The minimum absolute atomic E-state index is 0.151. The van der Waals surface area contributed by atoms with E-state index in [1.807, 2.05) is 75.4 Å². The van der Waals surface area contributed by atoms with Crippen molar-refractivity contribution in [2.24, 2.45) is 4.99 Å². The van der Waals surface area contributed by atoms with Crippen LogP contribution in [0.4, 0.5) is 11.4 Å². The molecule has 0 aliphatic carbocycles. The molecule has 0 radical (unpaired) electrons. The van der Waals surface area contributed by atoms with Gasteiger partial charge in [0.25, 0.3) is 5.91 Å². The Bertz CT molecular complexity index is 1150. The number of carbonyl (C=O) groups is 1. The van der Waals surface area contributed by atoms with E-state index < -0.39 is 0 Å². The average molecular weight is 516 g/mol. The molecular formula is C25H24BrClN2O3. The highest BCUT2D eigenvalue weighted by Gasteiger charge is 2.14. The van der Waals surface area contributed by atoms with E-state index in [1.165, 1.54) is 0 Å². The lowest BCUT2D eigenvalue weighted by atomic mass is 10.2. The summed E-state index contributed by atoms with van der Waals surface area (Å²) in [6.45, 7) is 6.08. The standard InChI is InChI=1S/C25H24BrClN2O3/c1-4-31-23-13-18(14-28-22-10-6-9-21(27)17(22)3)12-20(26)25(23)32-15-24(30)29-19-8-5-7-16(2)11-19/h5-14H,4,15H2,1-3H3,(H,29,30). The maximum absolute atomic E-state index is 12.3. The summed E-state index contributed by atoms with van der Waals surface area (Å²) in [4.78, 5) is 16.9. The zero-order valence-corrected chi connectivity index (χ0v) is 20.5. The maximum atomic E-state index is 12.3. The van der Waals surface area contributed by atoms with Gasteiger partial charge in [-0.25, -0.2) is 0 Å². The first-order valence-electron chi connectivity index (χ1n) is 10.1. The number of benzene rings is 3.